The first-order valence-corrected chi connectivity index (χ1v) is 9.45. The number of hydrogen-bond donors (Lipinski definition) is 2. The maximum absolute atomic E-state index is 10.2. The SMILES string of the molecule is Cc1ccc(COCC2O[C@H](O[C@@H]3CC(O)CC(C)O3)CC[C@@H]2O)cc1. The van der Waals surface area contributed by atoms with E-state index < -0.39 is 30.9 Å². The molecule has 2 fully saturated rings. The number of aliphatic hydroxyl groups is 2. The zero-order valence-electron chi connectivity index (χ0n) is 15.5. The molecule has 0 bridgehead atoms. The van der Waals surface area contributed by atoms with Gasteiger partial charge in [-0.3, -0.25) is 0 Å². The summed E-state index contributed by atoms with van der Waals surface area (Å²) in [4.78, 5) is 0. The van der Waals surface area contributed by atoms with Crippen LogP contribution in [0.2, 0.25) is 0 Å². The smallest absolute Gasteiger partial charge is 0.163 e. The van der Waals surface area contributed by atoms with Crippen LogP contribution >= 0.6 is 0 Å². The van der Waals surface area contributed by atoms with Gasteiger partial charge in [0.05, 0.1) is 31.5 Å². The number of ether oxygens (including phenoxy) is 4. The summed E-state index contributed by atoms with van der Waals surface area (Å²) in [5.41, 5.74) is 2.30. The van der Waals surface area contributed by atoms with Gasteiger partial charge in [-0.25, -0.2) is 0 Å². The predicted octanol–water partition coefficient (Wildman–Crippen LogP) is 2.28. The summed E-state index contributed by atoms with van der Waals surface area (Å²) in [6.45, 7) is 4.76. The van der Waals surface area contributed by atoms with Crippen LogP contribution < -0.4 is 0 Å². The van der Waals surface area contributed by atoms with Crippen LogP contribution in [0, 0.1) is 6.92 Å². The fourth-order valence-corrected chi connectivity index (χ4v) is 3.40. The summed E-state index contributed by atoms with van der Waals surface area (Å²) in [5.74, 6) is 0. The molecule has 26 heavy (non-hydrogen) atoms. The summed E-state index contributed by atoms with van der Waals surface area (Å²) in [7, 11) is 0. The quantitative estimate of drug-likeness (QED) is 0.804. The van der Waals surface area contributed by atoms with Gasteiger partial charge in [0.2, 0.25) is 0 Å². The number of aliphatic hydroxyl groups excluding tert-OH is 2. The van der Waals surface area contributed by atoms with Gasteiger partial charge in [0.25, 0.3) is 0 Å². The third-order valence-corrected chi connectivity index (χ3v) is 4.88. The van der Waals surface area contributed by atoms with E-state index in [0.29, 0.717) is 38.9 Å². The summed E-state index contributed by atoms with van der Waals surface area (Å²) < 4.78 is 23.2. The molecule has 0 aromatic heterocycles. The molecule has 0 aliphatic carbocycles. The molecule has 3 unspecified atom stereocenters. The summed E-state index contributed by atoms with van der Waals surface area (Å²) in [5, 5.41) is 20.0. The van der Waals surface area contributed by atoms with Gasteiger partial charge in [-0.2, -0.15) is 0 Å². The lowest BCUT2D eigenvalue weighted by molar-refractivity contribution is -0.310. The van der Waals surface area contributed by atoms with E-state index in [1.165, 1.54) is 5.56 Å². The van der Waals surface area contributed by atoms with Gasteiger partial charge in [-0.15, -0.1) is 0 Å². The standard InChI is InChI=1S/C20H30O6/c1-13-3-5-15(6-4-13)11-23-12-18-17(22)7-8-19(25-18)26-20-10-16(21)9-14(2)24-20/h3-6,14,16-22H,7-12H2,1-2H3/t14?,16?,17-,18?,19+,20+/m0/s1. The van der Waals surface area contributed by atoms with Gasteiger partial charge in [-0.05, 0) is 32.3 Å². The van der Waals surface area contributed by atoms with Crippen LogP contribution in [0.3, 0.4) is 0 Å². The molecule has 1 aromatic carbocycles. The zero-order chi connectivity index (χ0) is 18.5. The molecule has 0 radical (unpaired) electrons. The molecule has 1 aromatic rings. The van der Waals surface area contributed by atoms with E-state index in [1.54, 1.807) is 0 Å². The Balaban J connectivity index is 1.44. The van der Waals surface area contributed by atoms with Crippen LogP contribution in [-0.4, -0.2) is 53.8 Å². The molecule has 0 amide bonds. The number of hydrogen-bond acceptors (Lipinski definition) is 6. The van der Waals surface area contributed by atoms with Crippen molar-refractivity contribution >= 4 is 0 Å². The zero-order valence-corrected chi connectivity index (χ0v) is 15.5. The fourth-order valence-electron chi connectivity index (χ4n) is 3.40. The molecule has 2 N–H and O–H groups in total. The van der Waals surface area contributed by atoms with Crippen molar-refractivity contribution in [3.05, 3.63) is 35.4 Å². The van der Waals surface area contributed by atoms with E-state index in [-0.39, 0.29) is 6.10 Å². The highest BCUT2D eigenvalue weighted by atomic mass is 16.8. The maximum Gasteiger partial charge on any atom is 0.163 e. The Labute approximate surface area is 155 Å². The average Bonchev–Trinajstić information content (AvgIpc) is 2.58. The van der Waals surface area contributed by atoms with Crippen LogP contribution in [0.1, 0.15) is 43.7 Å². The van der Waals surface area contributed by atoms with E-state index in [0.717, 1.165) is 5.56 Å². The Morgan fingerprint density at radius 3 is 2.54 bits per heavy atom. The summed E-state index contributed by atoms with van der Waals surface area (Å²) in [6.07, 6.45) is -0.0977. The molecule has 6 nitrogen and oxygen atoms in total. The Morgan fingerprint density at radius 1 is 1.04 bits per heavy atom. The Bertz CT molecular complexity index is 538. The molecule has 146 valence electrons. The highest BCUT2D eigenvalue weighted by Crippen LogP contribution is 2.26. The molecule has 2 heterocycles. The number of benzene rings is 1. The van der Waals surface area contributed by atoms with Crippen LogP contribution in [0.15, 0.2) is 24.3 Å². The fraction of sp³-hybridized carbons (Fsp3) is 0.700. The van der Waals surface area contributed by atoms with Gasteiger partial charge in [0, 0.05) is 12.8 Å². The minimum Gasteiger partial charge on any atom is -0.393 e. The second kappa shape index (κ2) is 9.26. The third kappa shape index (κ3) is 5.74. The van der Waals surface area contributed by atoms with Crippen LogP contribution in [0.25, 0.3) is 0 Å². The molecule has 2 aliphatic rings. The van der Waals surface area contributed by atoms with Crippen molar-refractivity contribution < 1.29 is 29.2 Å². The normalized spacial score (nSPS) is 35.4. The maximum atomic E-state index is 10.2. The first kappa shape index (κ1) is 19.7. The molecule has 2 aliphatic heterocycles. The van der Waals surface area contributed by atoms with Crippen molar-refractivity contribution in [3.63, 3.8) is 0 Å². The molecule has 6 heteroatoms. The lowest BCUT2D eigenvalue weighted by Gasteiger charge is -2.38. The molecular weight excluding hydrogens is 336 g/mol. The van der Waals surface area contributed by atoms with Crippen molar-refractivity contribution in [2.24, 2.45) is 0 Å². The minimum absolute atomic E-state index is 0.0356. The topological polar surface area (TPSA) is 77.4 Å². The molecule has 3 rings (SSSR count). The lowest BCUT2D eigenvalue weighted by atomic mass is 10.0. The minimum atomic E-state index is -0.565. The lowest BCUT2D eigenvalue weighted by Crippen LogP contribution is -2.45. The van der Waals surface area contributed by atoms with Gasteiger partial charge in [0.15, 0.2) is 12.6 Å². The second-order valence-corrected chi connectivity index (χ2v) is 7.39. The van der Waals surface area contributed by atoms with Crippen LogP contribution in [0.5, 0.6) is 0 Å². The van der Waals surface area contributed by atoms with Crippen molar-refractivity contribution in [3.8, 4) is 0 Å². The van der Waals surface area contributed by atoms with Gasteiger partial charge < -0.3 is 29.2 Å². The Morgan fingerprint density at radius 2 is 1.81 bits per heavy atom. The molecule has 6 atom stereocenters. The average molecular weight is 366 g/mol. The first-order valence-electron chi connectivity index (χ1n) is 9.45. The highest BCUT2D eigenvalue weighted by molar-refractivity contribution is 5.20. The van der Waals surface area contributed by atoms with Crippen LogP contribution in [-0.2, 0) is 25.6 Å². The van der Waals surface area contributed by atoms with Gasteiger partial charge >= 0.3 is 0 Å². The predicted molar refractivity (Wildman–Crippen MR) is 95.4 cm³/mol. The highest BCUT2D eigenvalue weighted by Gasteiger charge is 2.34. The van der Waals surface area contributed by atoms with E-state index in [4.69, 9.17) is 18.9 Å². The van der Waals surface area contributed by atoms with Crippen molar-refractivity contribution in [2.75, 3.05) is 6.61 Å². The largest absolute Gasteiger partial charge is 0.393 e. The molecule has 0 saturated carbocycles. The van der Waals surface area contributed by atoms with Crippen molar-refractivity contribution in [1.29, 1.82) is 0 Å². The first-order chi connectivity index (χ1) is 12.5. The van der Waals surface area contributed by atoms with Gasteiger partial charge in [0.1, 0.15) is 6.10 Å². The summed E-state index contributed by atoms with van der Waals surface area (Å²) in [6, 6.07) is 8.17. The third-order valence-electron chi connectivity index (χ3n) is 4.88. The van der Waals surface area contributed by atoms with E-state index >= 15 is 0 Å². The van der Waals surface area contributed by atoms with Crippen molar-refractivity contribution in [1.82, 2.24) is 0 Å². The van der Waals surface area contributed by atoms with E-state index in [9.17, 15) is 10.2 Å². The Kier molecular flexibility index (Phi) is 7.03. The van der Waals surface area contributed by atoms with Crippen molar-refractivity contribution in [2.45, 2.75) is 83.1 Å². The van der Waals surface area contributed by atoms with Crippen LogP contribution in [0.4, 0.5) is 0 Å². The summed E-state index contributed by atoms with van der Waals surface area (Å²) >= 11 is 0. The van der Waals surface area contributed by atoms with E-state index in [1.807, 2.05) is 38.1 Å². The second-order valence-electron chi connectivity index (χ2n) is 7.39. The van der Waals surface area contributed by atoms with E-state index in [2.05, 4.69) is 0 Å². The molecule has 0 spiro atoms. The monoisotopic (exact) mass is 366 g/mol. The Hall–Kier alpha value is -1.02. The number of aryl methyl sites for hydroxylation is 1. The molecule has 2 saturated heterocycles. The number of rotatable bonds is 6. The van der Waals surface area contributed by atoms with Gasteiger partial charge in [-0.1, -0.05) is 29.8 Å². The molecular formula is C20H30O6.